The van der Waals surface area contributed by atoms with Crippen molar-refractivity contribution in [3.05, 3.63) is 71.2 Å². The highest BCUT2D eigenvalue weighted by Gasteiger charge is 2.33. The topological polar surface area (TPSA) is 95.1 Å². The standard InChI is InChI=1S/C20H18FN5O2/c1-11-16(18(22)27)17(12-5-9-15(28-2)10-6-12)26-20(23-11)24-19(25-26)13-3-7-14(21)8-4-13/h3-10,17H,1-2H3,(H2,22,27)(H,23,24,25). The second kappa shape index (κ2) is 6.80. The van der Waals surface area contributed by atoms with E-state index in [1.165, 1.54) is 12.1 Å². The third-order valence-electron chi connectivity index (χ3n) is 4.65. The van der Waals surface area contributed by atoms with E-state index < -0.39 is 11.9 Å². The molecule has 2 aromatic carbocycles. The molecule has 0 radical (unpaired) electrons. The van der Waals surface area contributed by atoms with Crippen LogP contribution in [0.4, 0.5) is 10.3 Å². The summed E-state index contributed by atoms with van der Waals surface area (Å²) in [5, 5.41) is 7.65. The third kappa shape index (κ3) is 2.98. The van der Waals surface area contributed by atoms with E-state index in [1.54, 1.807) is 30.8 Å². The number of nitrogens with one attached hydrogen (secondary N) is 1. The zero-order valence-electron chi connectivity index (χ0n) is 15.3. The molecule has 1 aliphatic heterocycles. The van der Waals surface area contributed by atoms with Crippen molar-refractivity contribution in [2.75, 3.05) is 12.4 Å². The van der Waals surface area contributed by atoms with E-state index in [4.69, 9.17) is 10.5 Å². The van der Waals surface area contributed by atoms with Gasteiger partial charge in [-0.15, -0.1) is 5.10 Å². The summed E-state index contributed by atoms with van der Waals surface area (Å²) in [6.45, 7) is 1.77. The lowest BCUT2D eigenvalue weighted by molar-refractivity contribution is -0.115. The maximum Gasteiger partial charge on any atom is 0.248 e. The van der Waals surface area contributed by atoms with Crippen LogP contribution in [0, 0.1) is 5.82 Å². The number of aromatic nitrogens is 3. The first-order valence-electron chi connectivity index (χ1n) is 8.62. The average molecular weight is 379 g/mol. The van der Waals surface area contributed by atoms with E-state index in [9.17, 15) is 9.18 Å². The SMILES string of the molecule is COc1ccc(C2C(C(N)=O)=C(C)Nc3nc(-c4ccc(F)cc4)nn32)cc1. The summed E-state index contributed by atoms with van der Waals surface area (Å²) in [4.78, 5) is 16.7. The molecule has 0 saturated carbocycles. The van der Waals surface area contributed by atoms with Crippen LogP contribution in [0.2, 0.25) is 0 Å². The van der Waals surface area contributed by atoms with Gasteiger partial charge in [0.15, 0.2) is 5.82 Å². The van der Waals surface area contributed by atoms with Crippen LogP contribution in [0.5, 0.6) is 5.75 Å². The van der Waals surface area contributed by atoms with Gasteiger partial charge in [-0.25, -0.2) is 9.07 Å². The van der Waals surface area contributed by atoms with Gasteiger partial charge in [0.05, 0.1) is 12.7 Å². The third-order valence-corrected chi connectivity index (χ3v) is 4.65. The predicted octanol–water partition coefficient (Wildman–Crippen LogP) is 2.87. The largest absolute Gasteiger partial charge is 0.497 e. The molecule has 1 aromatic heterocycles. The van der Waals surface area contributed by atoms with Crippen LogP contribution in [0.1, 0.15) is 18.5 Å². The number of anilines is 1. The molecule has 4 rings (SSSR count). The van der Waals surface area contributed by atoms with Gasteiger partial charge in [0, 0.05) is 11.3 Å². The second-order valence-corrected chi connectivity index (χ2v) is 6.41. The monoisotopic (exact) mass is 379 g/mol. The minimum absolute atomic E-state index is 0.338. The molecule has 0 fully saturated rings. The lowest BCUT2D eigenvalue weighted by Crippen LogP contribution is -2.31. The molecular weight excluding hydrogens is 361 g/mol. The van der Waals surface area contributed by atoms with Crippen molar-refractivity contribution >= 4 is 11.9 Å². The fraction of sp³-hybridized carbons (Fsp3) is 0.150. The van der Waals surface area contributed by atoms with E-state index in [-0.39, 0.29) is 5.82 Å². The van der Waals surface area contributed by atoms with Gasteiger partial charge >= 0.3 is 0 Å². The summed E-state index contributed by atoms with van der Waals surface area (Å²) in [7, 11) is 1.59. The van der Waals surface area contributed by atoms with Gasteiger partial charge < -0.3 is 15.8 Å². The van der Waals surface area contributed by atoms with Crippen LogP contribution in [0.15, 0.2) is 59.8 Å². The Morgan fingerprint density at radius 2 is 1.86 bits per heavy atom. The molecule has 28 heavy (non-hydrogen) atoms. The highest BCUT2D eigenvalue weighted by Crippen LogP contribution is 2.36. The minimum atomic E-state index is -0.546. The number of ether oxygens (including phenoxy) is 1. The molecule has 1 atom stereocenters. The number of carbonyl (C=O) groups excluding carboxylic acids is 1. The zero-order valence-corrected chi connectivity index (χ0v) is 15.3. The van der Waals surface area contributed by atoms with Crippen molar-refractivity contribution in [3.8, 4) is 17.1 Å². The maximum absolute atomic E-state index is 13.2. The first kappa shape index (κ1) is 17.7. The van der Waals surface area contributed by atoms with E-state index in [2.05, 4.69) is 15.4 Å². The molecule has 142 valence electrons. The second-order valence-electron chi connectivity index (χ2n) is 6.41. The first-order valence-corrected chi connectivity index (χ1v) is 8.62. The van der Waals surface area contributed by atoms with Crippen LogP contribution in [-0.4, -0.2) is 27.8 Å². The molecule has 1 aliphatic rings. The van der Waals surface area contributed by atoms with Crippen LogP contribution in [-0.2, 0) is 4.79 Å². The normalized spacial score (nSPS) is 15.8. The van der Waals surface area contributed by atoms with Crippen LogP contribution < -0.4 is 15.8 Å². The molecule has 1 unspecified atom stereocenters. The minimum Gasteiger partial charge on any atom is -0.497 e. The van der Waals surface area contributed by atoms with E-state index >= 15 is 0 Å². The lowest BCUT2D eigenvalue weighted by Gasteiger charge is -2.27. The molecule has 0 aliphatic carbocycles. The number of fused-ring (bicyclic) bond motifs is 1. The van der Waals surface area contributed by atoms with Crippen molar-refractivity contribution < 1.29 is 13.9 Å². The smallest absolute Gasteiger partial charge is 0.248 e. The molecule has 8 heteroatoms. The molecular formula is C20H18FN5O2. The van der Waals surface area contributed by atoms with Gasteiger partial charge in [0.25, 0.3) is 0 Å². The van der Waals surface area contributed by atoms with Gasteiger partial charge in [-0.1, -0.05) is 12.1 Å². The molecule has 3 N–H and O–H groups in total. The van der Waals surface area contributed by atoms with E-state index in [1.807, 2.05) is 24.3 Å². The number of allylic oxidation sites excluding steroid dienone is 1. The molecule has 7 nitrogen and oxygen atoms in total. The number of nitrogens with two attached hydrogens (primary N) is 1. The summed E-state index contributed by atoms with van der Waals surface area (Å²) < 4.78 is 20.1. The van der Waals surface area contributed by atoms with E-state index in [0.717, 1.165) is 5.56 Å². The Hall–Kier alpha value is -3.68. The van der Waals surface area contributed by atoms with Crippen molar-refractivity contribution in [1.29, 1.82) is 0 Å². The number of amides is 1. The Kier molecular flexibility index (Phi) is 4.31. The fourth-order valence-corrected chi connectivity index (χ4v) is 3.29. The molecule has 0 saturated heterocycles. The molecule has 2 heterocycles. The van der Waals surface area contributed by atoms with Crippen LogP contribution in [0.3, 0.4) is 0 Å². The first-order chi connectivity index (χ1) is 13.5. The van der Waals surface area contributed by atoms with Crippen molar-refractivity contribution in [3.63, 3.8) is 0 Å². The number of primary amides is 1. The zero-order chi connectivity index (χ0) is 19.8. The Morgan fingerprint density at radius 3 is 2.46 bits per heavy atom. The lowest BCUT2D eigenvalue weighted by atomic mass is 9.95. The molecule has 0 spiro atoms. The van der Waals surface area contributed by atoms with Gasteiger partial charge in [0.1, 0.15) is 17.6 Å². The fourth-order valence-electron chi connectivity index (χ4n) is 3.29. The van der Waals surface area contributed by atoms with Crippen molar-refractivity contribution in [2.24, 2.45) is 5.73 Å². The predicted molar refractivity (Wildman–Crippen MR) is 102 cm³/mol. The van der Waals surface area contributed by atoms with Gasteiger partial charge in [-0.05, 0) is 48.9 Å². The average Bonchev–Trinajstić information content (AvgIpc) is 3.10. The summed E-state index contributed by atoms with van der Waals surface area (Å²) in [6, 6.07) is 12.7. The molecule has 1 amide bonds. The Labute approximate surface area is 160 Å². The summed E-state index contributed by atoms with van der Waals surface area (Å²) in [5.41, 5.74) is 8.15. The summed E-state index contributed by atoms with van der Waals surface area (Å²) in [6.07, 6.45) is 0. The number of rotatable bonds is 4. The van der Waals surface area contributed by atoms with Crippen LogP contribution >= 0.6 is 0 Å². The van der Waals surface area contributed by atoms with Gasteiger partial charge in [0.2, 0.25) is 11.9 Å². The van der Waals surface area contributed by atoms with Crippen molar-refractivity contribution in [2.45, 2.75) is 13.0 Å². The number of benzene rings is 2. The number of methoxy groups -OCH3 is 1. The number of halogens is 1. The summed E-state index contributed by atoms with van der Waals surface area (Å²) in [5.74, 6) is 0.706. The molecule has 0 bridgehead atoms. The van der Waals surface area contributed by atoms with Gasteiger partial charge in [-0.2, -0.15) is 4.98 Å². The van der Waals surface area contributed by atoms with Crippen LogP contribution in [0.25, 0.3) is 11.4 Å². The van der Waals surface area contributed by atoms with Crippen molar-refractivity contribution in [1.82, 2.24) is 14.8 Å². The molecule has 3 aromatic rings. The Morgan fingerprint density at radius 1 is 1.18 bits per heavy atom. The maximum atomic E-state index is 13.2. The van der Waals surface area contributed by atoms with E-state index in [0.29, 0.717) is 34.4 Å². The number of nitrogens with zero attached hydrogens (tertiary/aromatic N) is 3. The Bertz CT molecular complexity index is 1070. The number of hydrogen-bond acceptors (Lipinski definition) is 5. The number of hydrogen-bond donors (Lipinski definition) is 2. The summed E-state index contributed by atoms with van der Waals surface area (Å²) >= 11 is 0. The quantitative estimate of drug-likeness (QED) is 0.727. The highest BCUT2D eigenvalue weighted by molar-refractivity contribution is 5.95. The highest BCUT2D eigenvalue weighted by atomic mass is 19.1. The number of carbonyl (C=O) groups is 1. The van der Waals surface area contributed by atoms with Gasteiger partial charge in [-0.3, -0.25) is 4.79 Å². The Balaban J connectivity index is 1.84.